The topological polar surface area (TPSA) is 26.3 Å². The Kier molecular flexibility index (Phi) is 2.19. The second-order valence-corrected chi connectivity index (χ2v) is 5.32. The van der Waals surface area contributed by atoms with Crippen molar-refractivity contribution in [3.8, 4) is 0 Å². The van der Waals surface area contributed by atoms with Gasteiger partial charge >= 0.3 is 5.97 Å². The van der Waals surface area contributed by atoms with Crippen molar-refractivity contribution in [3.63, 3.8) is 0 Å². The summed E-state index contributed by atoms with van der Waals surface area (Å²) in [6.07, 6.45) is 0. The van der Waals surface area contributed by atoms with Gasteiger partial charge < -0.3 is 4.74 Å². The molecule has 2 nitrogen and oxygen atoms in total. The number of esters is 1. The lowest BCUT2D eigenvalue weighted by Crippen LogP contribution is -2.23. The highest BCUT2D eigenvalue weighted by Gasteiger charge is 2.38. The van der Waals surface area contributed by atoms with Crippen LogP contribution in [0.5, 0.6) is 0 Å². The van der Waals surface area contributed by atoms with E-state index in [0.717, 1.165) is 0 Å². The summed E-state index contributed by atoms with van der Waals surface area (Å²) in [5, 5.41) is 0.0132. The molecule has 1 aliphatic heterocycles. The van der Waals surface area contributed by atoms with E-state index in [2.05, 4.69) is 20.8 Å². The number of carbonyl (C=O) groups excluding carboxylic acids is 1. The number of hydrogen-bond donors (Lipinski definition) is 0. The Bertz CT molecular complexity index is 171. The van der Waals surface area contributed by atoms with E-state index < -0.39 is 0 Å². The number of rotatable bonds is 0. The molecule has 3 heteroatoms. The fourth-order valence-electron chi connectivity index (χ4n) is 0.851. The molecule has 1 saturated heterocycles. The summed E-state index contributed by atoms with van der Waals surface area (Å²) in [5.74, 6) is -0.0741. The third-order valence-corrected chi connectivity index (χ3v) is 3.24. The van der Waals surface area contributed by atoms with Gasteiger partial charge in [-0.2, -0.15) is 0 Å². The van der Waals surface area contributed by atoms with E-state index in [1.165, 1.54) is 0 Å². The molecule has 1 aliphatic rings. The quantitative estimate of drug-likeness (QED) is 0.526. The van der Waals surface area contributed by atoms with E-state index in [0.29, 0.717) is 0 Å². The second kappa shape index (κ2) is 2.70. The first kappa shape index (κ1) is 8.91. The van der Waals surface area contributed by atoms with Gasteiger partial charge in [-0.1, -0.05) is 20.8 Å². The van der Waals surface area contributed by atoms with Crippen LogP contribution < -0.4 is 0 Å². The largest absolute Gasteiger partial charge is 0.450 e. The number of thioether (sulfide) groups is 1. The molecule has 2 atom stereocenters. The Hall–Kier alpha value is -0.180. The van der Waals surface area contributed by atoms with E-state index >= 15 is 0 Å². The first-order chi connectivity index (χ1) is 4.91. The van der Waals surface area contributed by atoms with E-state index in [1.807, 2.05) is 6.92 Å². The molecule has 0 spiro atoms. The van der Waals surface area contributed by atoms with Crippen LogP contribution in [0, 0.1) is 5.41 Å². The first-order valence-electron chi connectivity index (χ1n) is 3.77. The average molecular weight is 174 g/mol. The Morgan fingerprint density at radius 2 is 2.00 bits per heavy atom. The first-order valence-corrected chi connectivity index (χ1v) is 4.71. The van der Waals surface area contributed by atoms with Crippen LogP contribution in [0.3, 0.4) is 0 Å². The lowest BCUT2D eigenvalue weighted by molar-refractivity contribution is -0.144. The lowest BCUT2D eigenvalue weighted by Gasteiger charge is -2.23. The summed E-state index contributed by atoms with van der Waals surface area (Å²) < 4.78 is 5.16. The molecule has 0 saturated carbocycles. The van der Waals surface area contributed by atoms with Crippen molar-refractivity contribution < 1.29 is 9.53 Å². The average Bonchev–Trinajstić information content (AvgIpc) is 2.11. The number of ether oxygens (including phenoxy) is 1. The molecule has 64 valence electrons. The summed E-state index contributed by atoms with van der Waals surface area (Å²) in [6.45, 7) is 8.13. The van der Waals surface area contributed by atoms with E-state index in [1.54, 1.807) is 11.8 Å². The lowest BCUT2D eigenvalue weighted by atomic mass is 9.98. The van der Waals surface area contributed by atoms with Gasteiger partial charge in [0, 0.05) is 5.41 Å². The fourth-order valence-corrected chi connectivity index (χ4v) is 1.95. The summed E-state index contributed by atoms with van der Waals surface area (Å²) in [6, 6.07) is 0. The normalized spacial score (nSPS) is 32.2. The Labute approximate surface area is 71.7 Å². The Morgan fingerprint density at radius 3 is 2.18 bits per heavy atom. The Morgan fingerprint density at radius 1 is 1.45 bits per heavy atom. The molecule has 0 unspecified atom stereocenters. The van der Waals surface area contributed by atoms with E-state index in [-0.39, 0.29) is 22.1 Å². The van der Waals surface area contributed by atoms with Gasteiger partial charge in [-0.3, -0.25) is 4.79 Å². The maximum atomic E-state index is 11.0. The standard InChI is InChI=1S/C8H14O2S/c1-5-6(9)10-7(11-5)8(2,3)4/h5,7H,1-4H3/t5-,7+/m1/s1. The van der Waals surface area contributed by atoms with Crippen LogP contribution in [0.25, 0.3) is 0 Å². The Balaban J connectivity index is 2.61. The molecule has 0 aliphatic carbocycles. The zero-order chi connectivity index (χ0) is 8.65. The molecular weight excluding hydrogens is 160 g/mol. The van der Waals surface area contributed by atoms with Gasteiger partial charge in [-0.25, -0.2) is 0 Å². The molecule has 0 radical (unpaired) electrons. The third-order valence-electron chi connectivity index (χ3n) is 1.59. The maximum Gasteiger partial charge on any atom is 0.320 e. The zero-order valence-corrected chi connectivity index (χ0v) is 8.20. The molecule has 0 aromatic carbocycles. The van der Waals surface area contributed by atoms with Gasteiger partial charge in [0.15, 0.2) is 5.44 Å². The summed E-state index contributed by atoms with van der Waals surface area (Å²) >= 11 is 1.61. The van der Waals surface area contributed by atoms with Crippen LogP contribution >= 0.6 is 11.8 Å². The predicted molar refractivity (Wildman–Crippen MR) is 46.4 cm³/mol. The summed E-state index contributed by atoms with van der Waals surface area (Å²) in [4.78, 5) is 11.0. The molecule has 0 aromatic rings. The van der Waals surface area contributed by atoms with E-state index in [9.17, 15) is 4.79 Å². The van der Waals surface area contributed by atoms with Crippen molar-refractivity contribution in [1.82, 2.24) is 0 Å². The van der Waals surface area contributed by atoms with Crippen molar-refractivity contribution in [2.45, 2.75) is 38.4 Å². The molecule has 0 N–H and O–H groups in total. The monoisotopic (exact) mass is 174 g/mol. The van der Waals surface area contributed by atoms with Gasteiger partial charge in [-0.15, -0.1) is 11.8 Å². The predicted octanol–water partition coefficient (Wildman–Crippen LogP) is 2.04. The number of hydrogen-bond acceptors (Lipinski definition) is 3. The molecular formula is C8H14O2S. The van der Waals surface area contributed by atoms with Crippen LogP contribution in [0.15, 0.2) is 0 Å². The number of cyclic esters (lactones) is 1. The van der Waals surface area contributed by atoms with Crippen molar-refractivity contribution in [2.24, 2.45) is 5.41 Å². The fraction of sp³-hybridized carbons (Fsp3) is 0.875. The molecule has 11 heavy (non-hydrogen) atoms. The molecule has 0 bridgehead atoms. The summed E-state index contributed by atoms with van der Waals surface area (Å²) in [5.41, 5.74) is 0.0930. The minimum atomic E-state index is -0.0741. The van der Waals surface area contributed by atoms with Crippen molar-refractivity contribution in [1.29, 1.82) is 0 Å². The van der Waals surface area contributed by atoms with Gasteiger partial charge in [0.1, 0.15) is 5.25 Å². The van der Waals surface area contributed by atoms with Crippen molar-refractivity contribution in [3.05, 3.63) is 0 Å². The highest BCUT2D eigenvalue weighted by atomic mass is 32.2. The van der Waals surface area contributed by atoms with Crippen molar-refractivity contribution >= 4 is 17.7 Å². The highest BCUT2D eigenvalue weighted by Crippen LogP contribution is 2.39. The van der Waals surface area contributed by atoms with Crippen molar-refractivity contribution in [2.75, 3.05) is 0 Å². The molecule has 0 aromatic heterocycles. The third kappa shape index (κ3) is 1.89. The minimum Gasteiger partial charge on any atom is -0.450 e. The molecule has 1 fully saturated rings. The smallest absolute Gasteiger partial charge is 0.320 e. The van der Waals surface area contributed by atoms with Crippen LogP contribution in [-0.2, 0) is 9.53 Å². The van der Waals surface area contributed by atoms with Crippen LogP contribution in [-0.4, -0.2) is 16.7 Å². The minimum absolute atomic E-state index is 0.0132. The number of carbonyl (C=O) groups is 1. The second-order valence-electron chi connectivity index (χ2n) is 3.91. The van der Waals surface area contributed by atoms with Gasteiger partial charge in [-0.05, 0) is 6.92 Å². The SMILES string of the molecule is C[C@H]1S[C@@H](C(C)(C)C)OC1=O. The highest BCUT2D eigenvalue weighted by molar-refractivity contribution is 8.01. The molecule has 1 rings (SSSR count). The van der Waals surface area contributed by atoms with E-state index in [4.69, 9.17) is 4.74 Å². The summed E-state index contributed by atoms with van der Waals surface area (Å²) in [7, 11) is 0. The van der Waals surface area contributed by atoms with Gasteiger partial charge in [0.25, 0.3) is 0 Å². The molecule has 0 amide bonds. The maximum absolute atomic E-state index is 11.0. The molecule has 1 heterocycles. The van der Waals surface area contributed by atoms with Gasteiger partial charge in [0.2, 0.25) is 0 Å². The van der Waals surface area contributed by atoms with Crippen LogP contribution in [0.4, 0.5) is 0 Å². The van der Waals surface area contributed by atoms with Crippen LogP contribution in [0.2, 0.25) is 0 Å². The van der Waals surface area contributed by atoms with Crippen LogP contribution in [0.1, 0.15) is 27.7 Å². The zero-order valence-electron chi connectivity index (χ0n) is 7.38. The van der Waals surface area contributed by atoms with Gasteiger partial charge in [0.05, 0.1) is 0 Å².